The zero-order chi connectivity index (χ0) is 14.2. The van der Waals surface area contributed by atoms with Gasteiger partial charge in [0.1, 0.15) is 0 Å². The maximum atomic E-state index is 3.75. The normalized spacial score (nSPS) is 17.4. The van der Waals surface area contributed by atoms with Crippen LogP contribution in [0.2, 0.25) is 0 Å². The molecule has 1 N–H and O–H groups in total. The van der Waals surface area contributed by atoms with Crippen molar-refractivity contribution in [2.75, 3.05) is 20.1 Å². The molecule has 0 amide bonds. The third kappa shape index (κ3) is 5.64. The number of benzene rings is 1. The standard InChI is InChI=1S/C18H30N2/c1-16-9-11-17(12-10-16)15-20(2)14-13-19-18-7-5-3-4-6-8-18/h9-12,18-19H,3-8,13-15H2,1-2H3. The van der Waals surface area contributed by atoms with Gasteiger partial charge >= 0.3 is 0 Å². The Balaban J connectivity index is 1.64. The Morgan fingerprint density at radius 1 is 1.05 bits per heavy atom. The Morgan fingerprint density at radius 3 is 2.35 bits per heavy atom. The minimum absolute atomic E-state index is 0.769. The van der Waals surface area contributed by atoms with Gasteiger partial charge in [-0.05, 0) is 32.4 Å². The quantitative estimate of drug-likeness (QED) is 0.795. The van der Waals surface area contributed by atoms with Gasteiger partial charge in [-0.25, -0.2) is 0 Å². The number of hydrogen-bond acceptors (Lipinski definition) is 2. The molecule has 2 rings (SSSR count). The molecule has 0 spiro atoms. The van der Waals surface area contributed by atoms with Crippen LogP contribution in [0, 0.1) is 6.92 Å². The van der Waals surface area contributed by atoms with Gasteiger partial charge in [0, 0.05) is 25.7 Å². The van der Waals surface area contributed by atoms with Crippen molar-refractivity contribution in [1.29, 1.82) is 0 Å². The second-order valence-electron chi connectivity index (χ2n) is 6.37. The summed E-state index contributed by atoms with van der Waals surface area (Å²) >= 11 is 0. The first kappa shape index (κ1) is 15.5. The summed E-state index contributed by atoms with van der Waals surface area (Å²) in [5.74, 6) is 0. The van der Waals surface area contributed by atoms with E-state index < -0.39 is 0 Å². The van der Waals surface area contributed by atoms with Crippen LogP contribution in [0.5, 0.6) is 0 Å². The molecule has 1 aromatic carbocycles. The third-order valence-corrected chi connectivity index (χ3v) is 4.35. The Morgan fingerprint density at radius 2 is 1.70 bits per heavy atom. The highest BCUT2D eigenvalue weighted by atomic mass is 15.1. The van der Waals surface area contributed by atoms with E-state index in [9.17, 15) is 0 Å². The van der Waals surface area contributed by atoms with Gasteiger partial charge in [0.2, 0.25) is 0 Å². The molecule has 0 radical (unpaired) electrons. The van der Waals surface area contributed by atoms with E-state index in [1.54, 1.807) is 0 Å². The average molecular weight is 274 g/mol. The van der Waals surface area contributed by atoms with E-state index in [1.165, 1.54) is 49.7 Å². The number of hydrogen-bond donors (Lipinski definition) is 1. The van der Waals surface area contributed by atoms with E-state index in [2.05, 4.69) is 48.5 Å². The van der Waals surface area contributed by atoms with Gasteiger partial charge in [-0.15, -0.1) is 0 Å². The maximum absolute atomic E-state index is 3.75. The van der Waals surface area contributed by atoms with E-state index in [0.29, 0.717) is 0 Å². The van der Waals surface area contributed by atoms with Gasteiger partial charge in [-0.3, -0.25) is 0 Å². The molecule has 0 aliphatic heterocycles. The molecule has 0 aromatic heterocycles. The SMILES string of the molecule is Cc1ccc(CN(C)CCNC2CCCCCC2)cc1. The first-order valence-electron chi connectivity index (χ1n) is 8.21. The summed E-state index contributed by atoms with van der Waals surface area (Å²) < 4.78 is 0. The zero-order valence-electron chi connectivity index (χ0n) is 13.2. The van der Waals surface area contributed by atoms with Gasteiger partial charge in [0.05, 0.1) is 0 Å². The lowest BCUT2D eigenvalue weighted by atomic mass is 10.1. The molecule has 2 heteroatoms. The molecule has 1 saturated carbocycles. The topological polar surface area (TPSA) is 15.3 Å². The lowest BCUT2D eigenvalue weighted by Crippen LogP contribution is -2.35. The van der Waals surface area contributed by atoms with Crippen LogP contribution in [0.4, 0.5) is 0 Å². The number of aryl methyl sites for hydroxylation is 1. The van der Waals surface area contributed by atoms with Crippen LogP contribution in [-0.4, -0.2) is 31.1 Å². The molecule has 0 atom stereocenters. The molecule has 20 heavy (non-hydrogen) atoms. The van der Waals surface area contributed by atoms with Gasteiger partial charge < -0.3 is 10.2 Å². The summed E-state index contributed by atoms with van der Waals surface area (Å²) in [6, 6.07) is 9.65. The molecule has 0 bridgehead atoms. The second kappa shape index (κ2) is 8.43. The lowest BCUT2D eigenvalue weighted by molar-refractivity contribution is 0.312. The summed E-state index contributed by atoms with van der Waals surface area (Å²) in [5, 5.41) is 3.75. The molecule has 1 aliphatic carbocycles. The van der Waals surface area contributed by atoms with Gasteiger partial charge in [0.25, 0.3) is 0 Å². The summed E-state index contributed by atoms with van der Waals surface area (Å²) in [6.07, 6.45) is 8.45. The first-order valence-corrected chi connectivity index (χ1v) is 8.21. The van der Waals surface area contributed by atoms with Crippen LogP contribution in [0.1, 0.15) is 49.7 Å². The third-order valence-electron chi connectivity index (χ3n) is 4.35. The van der Waals surface area contributed by atoms with E-state index >= 15 is 0 Å². The molecular weight excluding hydrogens is 244 g/mol. The van der Waals surface area contributed by atoms with E-state index in [0.717, 1.165) is 25.7 Å². The molecule has 1 fully saturated rings. The Bertz CT molecular complexity index is 364. The predicted molar refractivity (Wildman–Crippen MR) is 87.0 cm³/mol. The highest BCUT2D eigenvalue weighted by Gasteiger charge is 2.11. The highest BCUT2D eigenvalue weighted by molar-refractivity contribution is 5.21. The first-order chi connectivity index (χ1) is 9.74. The summed E-state index contributed by atoms with van der Waals surface area (Å²) in [4.78, 5) is 2.41. The van der Waals surface area contributed by atoms with Gasteiger partial charge in [0.15, 0.2) is 0 Å². The molecule has 0 unspecified atom stereocenters. The van der Waals surface area contributed by atoms with Crippen LogP contribution in [-0.2, 0) is 6.54 Å². The Hall–Kier alpha value is -0.860. The molecule has 0 heterocycles. The van der Waals surface area contributed by atoms with Crippen molar-refractivity contribution in [3.63, 3.8) is 0 Å². The second-order valence-corrected chi connectivity index (χ2v) is 6.37. The van der Waals surface area contributed by atoms with Crippen LogP contribution in [0.15, 0.2) is 24.3 Å². The van der Waals surface area contributed by atoms with Crippen LogP contribution in [0.25, 0.3) is 0 Å². The molecular formula is C18H30N2. The molecule has 2 nitrogen and oxygen atoms in total. The van der Waals surface area contributed by atoms with Crippen LogP contribution >= 0.6 is 0 Å². The molecule has 1 aromatic rings. The van der Waals surface area contributed by atoms with Crippen molar-refractivity contribution in [2.24, 2.45) is 0 Å². The van der Waals surface area contributed by atoms with Crippen molar-refractivity contribution >= 4 is 0 Å². The predicted octanol–water partition coefficient (Wildman–Crippen LogP) is 3.74. The molecule has 1 aliphatic rings. The monoisotopic (exact) mass is 274 g/mol. The summed E-state index contributed by atoms with van der Waals surface area (Å²) in [6.45, 7) is 5.44. The number of rotatable bonds is 6. The smallest absolute Gasteiger partial charge is 0.0231 e. The molecule has 0 saturated heterocycles. The number of likely N-dealkylation sites (N-methyl/N-ethyl adjacent to an activating group) is 1. The Labute approximate surface area is 124 Å². The largest absolute Gasteiger partial charge is 0.313 e. The summed E-state index contributed by atoms with van der Waals surface area (Å²) in [5.41, 5.74) is 2.75. The average Bonchev–Trinajstić information content (AvgIpc) is 2.70. The Kier molecular flexibility index (Phi) is 6.55. The fourth-order valence-corrected chi connectivity index (χ4v) is 3.03. The lowest BCUT2D eigenvalue weighted by Gasteiger charge is -2.20. The van der Waals surface area contributed by atoms with E-state index in [4.69, 9.17) is 0 Å². The minimum atomic E-state index is 0.769. The highest BCUT2D eigenvalue weighted by Crippen LogP contribution is 2.16. The van der Waals surface area contributed by atoms with Crippen molar-refractivity contribution in [1.82, 2.24) is 10.2 Å². The van der Waals surface area contributed by atoms with Crippen molar-refractivity contribution < 1.29 is 0 Å². The van der Waals surface area contributed by atoms with Crippen LogP contribution in [0.3, 0.4) is 0 Å². The maximum Gasteiger partial charge on any atom is 0.0231 e. The van der Waals surface area contributed by atoms with Crippen molar-refractivity contribution in [3.05, 3.63) is 35.4 Å². The van der Waals surface area contributed by atoms with E-state index in [1.807, 2.05) is 0 Å². The van der Waals surface area contributed by atoms with Crippen LogP contribution < -0.4 is 5.32 Å². The fraction of sp³-hybridized carbons (Fsp3) is 0.667. The van der Waals surface area contributed by atoms with Crippen molar-refractivity contribution in [3.8, 4) is 0 Å². The van der Waals surface area contributed by atoms with Gasteiger partial charge in [-0.1, -0.05) is 55.5 Å². The summed E-state index contributed by atoms with van der Waals surface area (Å²) in [7, 11) is 2.22. The van der Waals surface area contributed by atoms with Gasteiger partial charge in [-0.2, -0.15) is 0 Å². The van der Waals surface area contributed by atoms with E-state index in [-0.39, 0.29) is 0 Å². The number of nitrogens with one attached hydrogen (secondary N) is 1. The minimum Gasteiger partial charge on any atom is -0.313 e. The van der Waals surface area contributed by atoms with Crippen molar-refractivity contribution in [2.45, 2.75) is 58.0 Å². The molecule has 112 valence electrons. The fourth-order valence-electron chi connectivity index (χ4n) is 3.03. The number of nitrogens with zero attached hydrogens (tertiary/aromatic N) is 1. The zero-order valence-corrected chi connectivity index (χ0v) is 13.2.